The van der Waals surface area contributed by atoms with E-state index in [0.717, 1.165) is 27.8 Å². The summed E-state index contributed by atoms with van der Waals surface area (Å²) in [6.45, 7) is 5.70. The minimum atomic E-state index is 0.238. The lowest BCUT2D eigenvalue weighted by atomic mass is 9.96. The number of rotatable bonds is 1. The van der Waals surface area contributed by atoms with E-state index in [2.05, 4.69) is 0 Å². The fourth-order valence-electron chi connectivity index (χ4n) is 1.99. The molecule has 0 atom stereocenters. The lowest BCUT2D eigenvalue weighted by molar-refractivity contribution is 0.466. The summed E-state index contributed by atoms with van der Waals surface area (Å²) in [7, 11) is 0. The lowest BCUT2D eigenvalue weighted by Crippen LogP contribution is -1.88. The Labute approximate surface area is 101 Å². The van der Waals surface area contributed by atoms with Crippen molar-refractivity contribution in [1.29, 1.82) is 0 Å². The van der Waals surface area contributed by atoms with E-state index >= 15 is 0 Å². The highest BCUT2D eigenvalue weighted by molar-refractivity contribution is 5.75. The van der Waals surface area contributed by atoms with Crippen LogP contribution in [0.4, 0.5) is 0 Å². The van der Waals surface area contributed by atoms with Gasteiger partial charge in [0.25, 0.3) is 0 Å². The third-order valence-corrected chi connectivity index (χ3v) is 3.07. The van der Waals surface area contributed by atoms with Gasteiger partial charge in [0.1, 0.15) is 11.5 Å². The topological polar surface area (TPSA) is 40.5 Å². The van der Waals surface area contributed by atoms with Gasteiger partial charge in [-0.3, -0.25) is 0 Å². The van der Waals surface area contributed by atoms with Crippen molar-refractivity contribution >= 4 is 0 Å². The smallest absolute Gasteiger partial charge is 0.123 e. The van der Waals surface area contributed by atoms with Gasteiger partial charge in [0.05, 0.1) is 0 Å². The van der Waals surface area contributed by atoms with E-state index in [1.165, 1.54) is 0 Å². The number of phenolic OH excluding ortho intramolecular Hbond substituents is 2. The Kier molecular flexibility index (Phi) is 2.80. The SMILES string of the molecule is Cc1ccc(O)c(-c2ccc(C)c(O)c2C)c1. The molecule has 2 rings (SSSR count). The summed E-state index contributed by atoms with van der Waals surface area (Å²) in [5.74, 6) is 0.533. The summed E-state index contributed by atoms with van der Waals surface area (Å²) in [5.41, 5.74) is 4.36. The molecule has 17 heavy (non-hydrogen) atoms. The van der Waals surface area contributed by atoms with Crippen LogP contribution in [0.25, 0.3) is 11.1 Å². The van der Waals surface area contributed by atoms with E-state index in [0.29, 0.717) is 5.75 Å². The molecule has 88 valence electrons. The van der Waals surface area contributed by atoms with Gasteiger partial charge in [-0.1, -0.05) is 23.8 Å². The lowest BCUT2D eigenvalue weighted by Gasteiger charge is -2.12. The number of phenols is 2. The van der Waals surface area contributed by atoms with Crippen LogP contribution in [0.5, 0.6) is 11.5 Å². The summed E-state index contributed by atoms with van der Waals surface area (Å²) in [4.78, 5) is 0. The maximum atomic E-state index is 9.93. The highest BCUT2D eigenvalue weighted by atomic mass is 16.3. The molecule has 0 saturated heterocycles. The second kappa shape index (κ2) is 4.13. The van der Waals surface area contributed by atoms with Gasteiger partial charge >= 0.3 is 0 Å². The standard InChI is InChI=1S/C15H16O2/c1-9-4-7-14(16)13(8-9)12-6-5-10(2)15(17)11(12)3/h4-8,16-17H,1-3H3. The number of hydrogen-bond donors (Lipinski definition) is 2. The van der Waals surface area contributed by atoms with Gasteiger partial charge in [-0.15, -0.1) is 0 Å². The number of hydrogen-bond acceptors (Lipinski definition) is 2. The van der Waals surface area contributed by atoms with Gasteiger partial charge in [-0.25, -0.2) is 0 Å². The molecule has 2 aromatic rings. The van der Waals surface area contributed by atoms with Gasteiger partial charge < -0.3 is 10.2 Å². The Hall–Kier alpha value is -1.96. The van der Waals surface area contributed by atoms with Crippen molar-refractivity contribution in [1.82, 2.24) is 0 Å². The maximum absolute atomic E-state index is 9.93. The first-order chi connectivity index (χ1) is 8.00. The van der Waals surface area contributed by atoms with Crippen LogP contribution in [-0.4, -0.2) is 10.2 Å². The van der Waals surface area contributed by atoms with Crippen LogP contribution in [-0.2, 0) is 0 Å². The molecule has 2 N–H and O–H groups in total. The van der Waals surface area contributed by atoms with Crippen molar-refractivity contribution in [3.8, 4) is 22.6 Å². The quantitative estimate of drug-likeness (QED) is 0.781. The van der Waals surface area contributed by atoms with Crippen LogP contribution in [0.3, 0.4) is 0 Å². The molecule has 0 saturated carbocycles. The molecule has 0 radical (unpaired) electrons. The zero-order valence-electron chi connectivity index (χ0n) is 10.3. The molecule has 0 amide bonds. The summed E-state index contributed by atoms with van der Waals surface area (Å²) < 4.78 is 0. The monoisotopic (exact) mass is 228 g/mol. The minimum absolute atomic E-state index is 0.238. The van der Waals surface area contributed by atoms with Gasteiger partial charge in [0.15, 0.2) is 0 Å². The zero-order chi connectivity index (χ0) is 12.6. The normalized spacial score (nSPS) is 10.5. The zero-order valence-corrected chi connectivity index (χ0v) is 10.3. The van der Waals surface area contributed by atoms with E-state index in [1.54, 1.807) is 6.07 Å². The largest absolute Gasteiger partial charge is 0.507 e. The van der Waals surface area contributed by atoms with Gasteiger partial charge in [-0.2, -0.15) is 0 Å². The first kappa shape index (κ1) is 11.5. The molecule has 2 aromatic carbocycles. The van der Waals surface area contributed by atoms with Crippen LogP contribution >= 0.6 is 0 Å². The van der Waals surface area contributed by atoms with Crippen molar-refractivity contribution < 1.29 is 10.2 Å². The molecule has 2 nitrogen and oxygen atoms in total. The first-order valence-corrected chi connectivity index (χ1v) is 5.60. The number of aryl methyl sites for hydroxylation is 2. The Balaban J connectivity index is 2.69. The molecular formula is C15H16O2. The second-order valence-corrected chi connectivity index (χ2v) is 4.42. The molecule has 0 aromatic heterocycles. The summed E-state index contributed by atoms with van der Waals surface area (Å²) in [5, 5.41) is 19.8. The molecule has 0 aliphatic rings. The fourth-order valence-corrected chi connectivity index (χ4v) is 1.99. The van der Waals surface area contributed by atoms with E-state index in [9.17, 15) is 10.2 Å². The van der Waals surface area contributed by atoms with E-state index in [1.807, 2.05) is 45.0 Å². The van der Waals surface area contributed by atoms with Crippen LogP contribution < -0.4 is 0 Å². The predicted molar refractivity (Wildman–Crippen MR) is 69.4 cm³/mol. The van der Waals surface area contributed by atoms with Gasteiger partial charge in [0, 0.05) is 5.56 Å². The van der Waals surface area contributed by atoms with Gasteiger partial charge in [-0.05, 0) is 49.6 Å². The molecule has 0 unspecified atom stereocenters. The van der Waals surface area contributed by atoms with E-state index in [-0.39, 0.29) is 5.75 Å². The Bertz CT molecular complexity index is 571. The van der Waals surface area contributed by atoms with Crippen molar-refractivity contribution in [2.45, 2.75) is 20.8 Å². The molecule has 0 aliphatic heterocycles. The predicted octanol–water partition coefficient (Wildman–Crippen LogP) is 3.69. The molecule has 0 fully saturated rings. The number of aromatic hydroxyl groups is 2. The molecule has 0 spiro atoms. The van der Waals surface area contributed by atoms with E-state index < -0.39 is 0 Å². The first-order valence-electron chi connectivity index (χ1n) is 5.60. The average molecular weight is 228 g/mol. The summed E-state index contributed by atoms with van der Waals surface area (Å²) in [6, 6.07) is 9.26. The third kappa shape index (κ3) is 1.98. The average Bonchev–Trinajstić information content (AvgIpc) is 2.30. The second-order valence-electron chi connectivity index (χ2n) is 4.42. The minimum Gasteiger partial charge on any atom is -0.507 e. The summed E-state index contributed by atoms with van der Waals surface area (Å²) >= 11 is 0. The van der Waals surface area contributed by atoms with Crippen LogP contribution in [0.15, 0.2) is 30.3 Å². The molecular weight excluding hydrogens is 212 g/mol. The third-order valence-electron chi connectivity index (χ3n) is 3.07. The number of benzene rings is 2. The van der Waals surface area contributed by atoms with Gasteiger partial charge in [0.2, 0.25) is 0 Å². The Morgan fingerprint density at radius 3 is 2.24 bits per heavy atom. The summed E-state index contributed by atoms with van der Waals surface area (Å²) in [6.07, 6.45) is 0. The van der Waals surface area contributed by atoms with Crippen LogP contribution in [0.2, 0.25) is 0 Å². The molecule has 0 aliphatic carbocycles. The molecule has 2 heteroatoms. The highest BCUT2D eigenvalue weighted by Gasteiger charge is 2.11. The van der Waals surface area contributed by atoms with E-state index in [4.69, 9.17) is 0 Å². The van der Waals surface area contributed by atoms with Crippen LogP contribution in [0, 0.1) is 20.8 Å². The molecule has 0 heterocycles. The van der Waals surface area contributed by atoms with Crippen molar-refractivity contribution in [3.05, 3.63) is 47.0 Å². The Morgan fingerprint density at radius 2 is 1.53 bits per heavy atom. The highest BCUT2D eigenvalue weighted by Crippen LogP contribution is 2.36. The fraction of sp³-hybridized carbons (Fsp3) is 0.200. The maximum Gasteiger partial charge on any atom is 0.123 e. The van der Waals surface area contributed by atoms with Crippen molar-refractivity contribution in [2.24, 2.45) is 0 Å². The van der Waals surface area contributed by atoms with Crippen molar-refractivity contribution in [2.75, 3.05) is 0 Å². The molecule has 0 bridgehead atoms. The Morgan fingerprint density at radius 1 is 0.824 bits per heavy atom. The van der Waals surface area contributed by atoms with Crippen LogP contribution in [0.1, 0.15) is 16.7 Å². The van der Waals surface area contributed by atoms with Crippen molar-refractivity contribution in [3.63, 3.8) is 0 Å².